The second kappa shape index (κ2) is 56.7. The van der Waals surface area contributed by atoms with Crippen molar-refractivity contribution in [3.05, 3.63) is 0 Å². The average Bonchev–Trinajstić information content (AvgIpc) is 3.33. The number of unbranched alkanes of at least 4 members (excludes halogenated alkanes) is 43. The molecule has 0 aliphatic rings. The van der Waals surface area contributed by atoms with E-state index in [1.165, 1.54) is 250 Å². The summed E-state index contributed by atoms with van der Waals surface area (Å²) < 4.78 is 17.0. The Labute approximate surface area is 438 Å². The van der Waals surface area contributed by atoms with Crippen molar-refractivity contribution in [3.8, 4) is 0 Å². The lowest BCUT2D eigenvalue weighted by Gasteiger charge is -2.18. The van der Waals surface area contributed by atoms with Crippen LogP contribution in [0, 0.1) is 11.8 Å². The number of hydrogen-bond donors (Lipinski definition) is 0. The van der Waals surface area contributed by atoms with Gasteiger partial charge in [0.15, 0.2) is 6.10 Å². The smallest absolute Gasteiger partial charge is 0.306 e. The summed E-state index contributed by atoms with van der Waals surface area (Å²) in [6.45, 7) is 11.5. The van der Waals surface area contributed by atoms with E-state index < -0.39 is 6.10 Å². The van der Waals surface area contributed by atoms with E-state index in [-0.39, 0.29) is 31.1 Å². The molecular formula is C64H124O6. The highest BCUT2D eigenvalue weighted by Gasteiger charge is 2.19. The maximum Gasteiger partial charge on any atom is 0.306 e. The van der Waals surface area contributed by atoms with Gasteiger partial charge in [-0.15, -0.1) is 0 Å². The summed E-state index contributed by atoms with van der Waals surface area (Å²) in [7, 11) is 0. The van der Waals surface area contributed by atoms with Crippen LogP contribution in [0.3, 0.4) is 0 Å². The van der Waals surface area contributed by atoms with E-state index in [0.717, 1.165) is 69.6 Å². The van der Waals surface area contributed by atoms with Gasteiger partial charge in [-0.25, -0.2) is 0 Å². The molecule has 0 aliphatic carbocycles. The van der Waals surface area contributed by atoms with E-state index in [4.69, 9.17) is 14.2 Å². The summed E-state index contributed by atoms with van der Waals surface area (Å²) in [6.07, 6.45) is 62.4. The molecule has 0 aromatic heterocycles. The topological polar surface area (TPSA) is 78.9 Å². The quantitative estimate of drug-likeness (QED) is 0.0343. The van der Waals surface area contributed by atoms with Crippen LogP contribution in [0.1, 0.15) is 362 Å². The molecule has 0 N–H and O–H groups in total. The standard InChI is InChI=1S/C64H124O6/c1-6-7-8-9-10-11-12-13-14-19-24-29-34-39-44-49-54-62(65)68-57-61(70-64(67)56-51-46-41-36-31-26-21-16-18-23-28-33-38-43-48-53-60(4)5)58-69-63(66)55-50-45-40-35-30-25-20-15-17-22-27-32-37-42-47-52-59(2)3/h59-61H,6-58H2,1-5H3/t61-/m0/s1. The number of esters is 3. The Morgan fingerprint density at radius 2 is 0.471 bits per heavy atom. The fraction of sp³-hybridized carbons (Fsp3) is 0.953. The maximum atomic E-state index is 12.9. The minimum absolute atomic E-state index is 0.0618. The molecule has 0 aliphatic heterocycles. The van der Waals surface area contributed by atoms with Gasteiger partial charge in [0.25, 0.3) is 0 Å². The molecule has 6 heteroatoms. The minimum Gasteiger partial charge on any atom is -0.462 e. The number of carbonyl (C=O) groups excluding carboxylic acids is 3. The zero-order chi connectivity index (χ0) is 51.1. The van der Waals surface area contributed by atoms with Crippen LogP contribution in [0.2, 0.25) is 0 Å². The second-order valence-corrected chi connectivity index (χ2v) is 23.0. The van der Waals surface area contributed by atoms with Crippen molar-refractivity contribution in [2.45, 2.75) is 368 Å². The van der Waals surface area contributed by atoms with E-state index in [9.17, 15) is 14.4 Å². The zero-order valence-corrected chi connectivity index (χ0v) is 48.2. The minimum atomic E-state index is -0.763. The molecule has 70 heavy (non-hydrogen) atoms. The van der Waals surface area contributed by atoms with E-state index in [2.05, 4.69) is 34.6 Å². The van der Waals surface area contributed by atoms with Gasteiger partial charge in [-0.3, -0.25) is 14.4 Å². The SMILES string of the molecule is CCCCCCCCCCCCCCCCCCC(=O)OC[C@@H](COC(=O)CCCCCCCCCCCCCCCCCC(C)C)OC(=O)CCCCCCCCCCCCCCCCCC(C)C. The van der Waals surface area contributed by atoms with Crippen molar-refractivity contribution in [1.82, 2.24) is 0 Å². The predicted molar refractivity (Wildman–Crippen MR) is 303 cm³/mol. The molecule has 0 amide bonds. The lowest BCUT2D eigenvalue weighted by molar-refractivity contribution is -0.167. The van der Waals surface area contributed by atoms with Gasteiger partial charge in [-0.2, -0.15) is 0 Å². The Bertz CT molecular complexity index is 1070. The molecule has 0 fully saturated rings. The molecule has 0 saturated carbocycles. The number of ether oxygens (including phenoxy) is 3. The van der Waals surface area contributed by atoms with Crippen molar-refractivity contribution < 1.29 is 28.6 Å². The summed E-state index contributed by atoms with van der Waals surface area (Å²) in [4.78, 5) is 38.3. The first-order valence-electron chi connectivity index (χ1n) is 31.7. The second-order valence-electron chi connectivity index (χ2n) is 23.0. The molecule has 0 aromatic carbocycles. The summed E-state index contributed by atoms with van der Waals surface area (Å²) in [5.74, 6) is 0.866. The van der Waals surface area contributed by atoms with Crippen molar-refractivity contribution in [2.24, 2.45) is 11.8 Å². The van der Waals surface area contributed by atoms with Crippen LogP contribution < -0.4 is 0 Å². The summed E-state index contributed by atoms with van der Waals surface area (Å²) in [5, 5.41) is 0. The van der Waals surface area contributed by atoms with Crippen molar-refractivity contribution in [2.75, 3.05) is 13.2 Å². The normalized spacial score (nSPS) is 12.0. The molecular weight excluding hydrogens is 865 g/mol. The van der Waals surface area contributed by atoms with Gasteiger partial charge in [0.2, 0.25) is 0 Å². The van der Waals surface area contributed by atoms with Crippen molar-refractivity contribution in [3.63, 3.8) is 0 Å². The van der Waals surface area contributed by atoms with Gasteiger partial charge in [0, 0.05) is 19.3 Å². The highest BCUT2D eigenvalue weighted by molar-refractivity contribution is 5.71. The third-order valence-electron chi connectivity index (χ3n) is 14.7. The van der Waals surface area contributed by atoms with Crippen molar-refractivity contribution >= 4 is 17.9 Å². The fourth-order valence-corrected chi connectivity index (χ4v) is 9.93. The first-order valence-corrected chi connectivity index (χ1v) is 31.7. The van der Waals surface area contributed by atoms with Gasteiger partial charge < -0.3 is 14.2 Å². The molecule has 416 valence electrons. The summed E-state index contributed by atoms with van der Waals surface area (Å²) in [5.41, 5.74) is 0. The van der Waals surface area contributed by atoms with Gasteiger partial charge in [0.1, 0.15) is 13.2 Å². The van der Waals surface area contributed by atoms with Crippen molar-refractivity contribution in [1.29, 1.82) is 0 Å². The van der Waals surface area contributed by atoms with Gasteiger partial charge in [-0.05, 0) is 31.1 Å². The Morgan fingerprint density at radius 1 is 0.271 bits per heavy atom. The average molecular weight is 990 g/mol. The molecule has 0 radical (unpaired) electrons. The predicted octanol–water partition coefficient (Wildman–Crippen LogP) is 21.2. The third kappa shape index (κ3) is 57.3. The number of carbonyl (C=O) groups is 3. The highest BCUT2D eigenvalue weighted by Crippen LogP contribution is 2.19. The molecule has 0 saturated heterocycles. The molecule has 0 aromatic rings. The van der Waals surface area contributed by atoms with Crippen LogP contribution >= 0.6 is 0 Å². The van der Waals surface area contributed by atoms with Crippen LogP contribution in [0.5, 0.6) is 0 Å². The molecule has 1 atom stereocenters. The molecule has 6 nitrogen and oxygen atoms in total. The lowest BCUT2D eigenvalue weighted by Crippen LogP contribution is -2.30. The highest BCUT2D eigenvalue weighted by atomic mass is 16.6. The fourth-order valence-electron chi connectivity index (χ4n) is 9.93. The third-order valence-corrected chi connectivity index (χ3v) is 14.7. The molecule has 0 rings (SSSR count). The van der Waals surface area contributed by atoms with Gasteiger partial charge in [-0.1, -0.05) is 324 Å². The maximum absolute atomic E-state index is 12.9. The number of hydrogen-bond acceptors (Lipinski definition) is 6. The first kappa shape index (κ1) is 68.4. The largest absolute Gasteiger partial charge is 0.462 e. The van der Waals surface area contributed by atoms with Crippen LogP contribution in [-0.2, 0) is 28.6 Å². The molecule has 0 spiro atoms. The Kier molecular flexibility index (Phi) is 55.4. The summed E-state index contributed by atoms with van der Waals surface area (Å²) in [6, 6.07) is 0. The van der Waals surface area contributed by atoms with Crippen LogP contribution in [0.25, 0.3) is 0 Å². The van der Waals surface area contributed by atoms with Gasteiger partial charge in [0.05, 0.1) is 0 Å². The van der Waals surface area contributed by atoms with Gasteiger partial charge >= 0.3 is 17.9 Å². The van der Waals surface area contributed by atoms with E-state index >= 15 is 0 Å². The molecule has 0 unspecified atom stereocenters. The summed E-state index contributed by atoms with van der Waals surface area (Å²) >= 11 is 0. The Balaban J connectivity index is 4.29. The van der Waals surface area contributed by atoms with Crippen LogP contribution in [-0.4, -0.2) is 37.2 Å². The van der Waals surface area contributed by atoms with Crippen LogP contribution in [0.15, 0.2) is 0 Å². The van der Waals surface area contributed by atoms with E-state index in [0.29, 0.717) is 19.3 Å². The molecule has 0 heterocycles. The monoisotopic (exact) mass is 989 g/mol. The molecule has 0 bridgehead atoms. The van der Waals surface area contributed by atoms with E-state index in [1.807, 2.05) is 0 Å². The van der Waals surface area contributed by atoms with Crippen LogP contribution in [0.4, 0.5) is 0 Å². The first-order chi connectivity index (χ1) is 34.2. The van der Waals surface area contributed by atoms with E-state index in [1.54, 1.807) is 0 Å². The number of rotatable bonds is 58. The lowest BCUT2D eigenvalue weighted by atomic mass is 10.0. The Hall–Kier alpha value is -1.59. The zero-order valence-electron chi connectivity index (χ0n) is 48.2. The Morgan fingerprint density at radius 3 is 0.700 bits per heavy atom.